The lowest BCUT2D eigenvalue weighted by Gasteiger charge is -2.04. The molecule has 2 rings (SSSR count). The summed E-state index contributed by atoms with van der Waals surface area (Å²) in [6.45, 7) is 0. The summed E-state index contributed by atoms with van der Waals surface area (Å²) >= 11 is 1.04. The molecule has 1 heterocycles. The number of nitro groups is 1. The molecule has 0 aliphatic carbocycles. The summed E-state index contributed by atoms with van der Waals surface area (Å²) in [5.74, 6) is -1.17. The van der Waals surface area contributed by atoms with E-state index in [1.807, 2.05) is 6.07 Å². The molecule has 0 radical (unpaired) electrons. The monoisotopic (exact) mass is 301 g/mol. The van der Waals surface area contributed by atoms with Crippen molar-refractivity contribution in [3.8, 4) is 6.07 Å². The zero-order valence-corrected chi connectivity index (χ0v) is 11.2. The molecule has 1 aromatic heterocycles. The first kappa shape index (κ1) is 14.5. The maximum atomic E-state index is 11.0. The van der Waals surface area contributed by atoms with Gasteiger partial charge in [0, 0.05) is 17.2 Å². The molecule has 0 aliphatic heterocycles. The largest absolute Gasteiger partial charge is 0.477 e. The van der Waals surface area contributed by atoms with Crippen LogP contribution < -0.4 is 0 Å². The van der Waals surface area contributed by atoms with E-state index in [-0.39, 0.29) is 16.9 Å². The maximum absolute atomic E-state index is 11.0. The van der Waals surface area contributed by atoms with Crippen molar-refractivity contribution in [3.05, 3.63) is 57.9 Å². The lowest BCUT2D eigenvalue weighted by Crippen LogP contribution is -1.99. The molecule has 104 valence electrons. The van der Waals surface area contributed by atoms with Crippen molar-refractivity contribution >= 4 is 23.4 Å². The number of hydrogen-bond acceptors (Lipinski definition) is 6. The van der Waals surface area contributed by atoms with Gasteiger partial charge in [0.2, 0.25) is 0 Å². The van der Waals surface area contributed by atoms with Crippen LogP contribution in [0.2, 0.25) is 0 Å². The normalized spacial score (nSPS) is 9.86. The van der Waals surface area contributed by atoms with Crippen LogP contribution in [0.3, 0.4) is 0 Å². The smallest absolute Gasteiger partial charge is 0.354 e. The third-order valence-electron chi connectivity index (χ3n) is 2.46. The van der Waals surface area contributed by atoms with Gasteiger partial charge in [-0.1, -0.05) is 11.8 Å². The molecule has 2 aromatic rings. The van der Waals surface area contributed by atoms with Gasteiger partial charge in [-0.25, -0.2) is 9.78 Å². The predicted molar refractivity (Wildman–Crippen MR) is 73.1 cm³/mol. The number of nitro benzene ring substituents is 1. The van der Waals surface area contributed by atoms with Gasteiger partial charge in [0.1, 0.15) is 5.69 Å². The van der Waals surface area contributed by atoms with E-state index in [1.54, 1.807) is 6.07 Å². The number of carboxylic acid groups (broad SMARTS) is 1. The summed E-state index contributed by atoms with van der Waals surface area (Å²) in [5.41, 5.74) is -0.156. The van der Waals surface area contributed by atoms with Crippen LogP contribution in [0.15, 0.2) is 46.3 Å². The zero-order chi connectivity index (χ0) is 15.4. The van der Waals surface area contributed by atoms with E-state index in [4.69, 9.17) is 10.4 Å². The molecular formula is C13H7N3O4S. The van der Waals surface area contributed by atoms with E-state index in [1.165, 1.54) is 30.5 Å². The van der Waals surface area contributed by atoms with Crippen molar-refractivity contribution in [2.45, 2.75) is 9.79 Å². The SMILES string of the molecule is N#Cc1ccc(Sc2ccnc(C(=O)O)c2)c([N+](=O)[O-])c1. The second-order valence-electron chi connectivity index (χ2n) is 3.84. The Morgan fingerprint density at radius 1 is 1.38 bits per heavy atom. The number of nitrogens with zero attached hydrogens (tertiary/aromatic N) is 3. The van der Waals surface area contributed by atoms with Crippen LogP contribution in [0.25, 0.3) is 0 Å². The fourth-order valence-electron chi connectivity index (χ4n) is 1.53. The Labute approximate surface area is 123 Å². The first-order valence-electron chi connectivity index (χ1n) is 5.57. The Morgan fingerprint density at radius 2 is 2.14 bits per heavy atom. The van der Waals surface area contributed by atoms with E-state index < -0.39 is 10.9 Å². The van der Waals surface area contributed by atoms with Crippen molar-refractivity contribution in [2.75, 3.05) is 0 Å². The molecule has 0 spiro atoms. The van der Waals surface area contributed by atoms with Gasteiger partial charge < -0.3 is 5.11 Å². The molecule has 7 nitrogen and oxygen atoms in total. The number of aromatic nitrogens is 1. The minimum absolute atomic E-state index is 0.142. The van der Waals surface area contributed by atoms with Crippen LogP contribution in [-0.2, 0) is 0 Å². The first-order valence-corrected chi connectivity index (χ1v) is 6.38. The van der Waals surface area contributed by atoms with Crippen molar-refractivity contribution < 1.29 is 14.8 Å². The van der Waals surface area contributed by atoms with Crippen LogP contribution in [0, 0.1) is 21.4 Å². The lowest BCUT2D eigenvalue weighted by atomic mass is 10.2. The fourth-order valence-corrected chi connectivity index (χ4v) is 2.46. The average Bonchev–Trinajstić information content (AvgIpc) is 2.47. The highest BCUT2D eigenvalue weighted by Crippen LogP contribution is 2.35. The number of carboxylic acids is 1. The number of hydrogen-bond donors (Lipinski definition) is 1. The third-order valence-corrected chi connectivity index (χ3v) is 3.52. The highest BCUT2D eigenvalue weighted by molar-refractivity contribution is 7.99. The van der Waals surface area contributed by atoms with Crippen LogP contribution in [-0.4, -0.2) is 21.0 Å². The van der Waals surface area contributed by atoms with Crippen LogP contribution >= 0.6 is 11.8 Å². The maximum Gasteiger partial charge on any atom is 0.354 e. The van der Waals surface area contributed by atoms with Gasteiger partial charge in [0.15, 0.2) is 0 Å². The predicted octanol–water partition coefficient (Wildman–Crippen LogP) is 2.71. The van der Waals surface area contributed by atoms with Crippen molar-refractivity contribution in [3.63, 3.8) is 0 Å². The summed E-state index contributed by atoms with van der Waals surface area (Å²) in [7, 11) is 0. The minimum Gasteiger partial charge on any atom is -0.477 e. The van der Waals surface area contributed by atoms with Crippen molar-refractivity contribution in [2.24, 2.45) is 0 Å². The van der Waals surface area contributed by atoms with Gasteiger partial charge in [-0.15, -0.1) is 0 Å². The lowest BCUT2D eigenvalue weighted by molar-refractivity contribution is -0.387. The number of pyridine rings is 1. The molecule has 0 aliphatic rings. The third kappa shape index (κ3) is 3.34. The van der Waals surface area contributed by atoms with E-state index in [0.29, 0.717) is 9.79 Å². The van der Waals surface area contributed by atoms with E-state index in [0.717, 1.165) is 11.8 Å². The first-order chi connectivity index (χ1) is 10.0. The topological polar surface area (TPSA) is 117 Å². The molecule has 0 saturated heterocycles. The van der Waals surface area contributed by atoms with Gasteiger partial charge >= 0.3 is 5.97 Å². The van der Waals surface area contributed by atoms with E-state index >= 15 is 0 Å². The summed E-state index contributed by atoms with van der Waals surface area (Å²) < 4.78 is 0. The summed E-state index contributed by atoms with van der Waals surface area (Å²) in [4.78, 5) is 25.8. The number of rotatable bonds is 4. The number of carbonyl (C=O) groups is 1. The molecule has 0 fully saturated rings. The van der Waals surface area contributed by atoms with E-state index in [2.05, 4.69) is 4.98 Å². The van der Waals surface area contributed by atoms with Gasteiger partial charge in [0.25, 0.3) is 5.69 Å². The molecule has 8 heteroatoms. The van der Waals surface area contributed by atoms with Crippen molar-refractivity contribution in [1.82, 2.24) is 4.98 Å². The van der Waals surface area contributed by atoms with Crippen LogP contribution in [0.4, 0.5) is 5.69 Å². The Morgan fingerprint density at radius 3 is 2.76 bits per heavy atom. The second-order valence-corrected chi connectivity index (χ2v) is 4.95. The molecule has 0 saturated carbocycles. The summed E-state index contributed by atoms with van der Waals surface area (Å²) in [6, 6.07) is 8.83. The van der Waals surface area contributed by atoms with Crippen LogP contribution in [0.1, 0.15) is 16.1 Å². The molecule has 0 bridgehead atoms. The molecule has 1 N–H and O–H groups in total. The Kier molecular flexibility index (Phi) is 4.15. The molecule has 21 heavy (non-hydrogen) atoms. The quantitative estimate of drug-likeness (QED) is 0.681. The Bertz CT molecular complexity index is 770. The highest BCUT2D eigenvalue weighted by atomic mass is 32.2. The molecule has 1 aromatic carbocycles. The van der Waals surface area contributed by atoms with Crippen LogP contribution in [0.5, 0.6) is 0 Å². The van der Waals surface area contributed by atoms with Gasteiger partial charge in [-0.05, 0) is 24.3 Å². The minimum atomic E-state index is -1.17. The molecule has 0 amide bonds. The summed E-state index contributed by atoms with van der Waals surface area (Å²) in [5, 5.41) is 28.7. The fraction of sp³-hybridized carbons (Fsp3) is 0. The number of aromatic carboxylic acids is 1. The number of nitriles is 1. The van der Waals surface area contributed by atoms with Gasteiger partial charge in [0.05, 0.1) is 21.5 Å². The molecular weight excluding hydrogens is 294 g/mol. The van der Waals surface area contributed by atoms with E-state index in [9.17, 15) is 14.9 Å². The number of benzene rings is 1. The average molecular weight is 301 g/mol. The summed E-state index contributed by atoms with van der Waals surface area (Å²) in [6.07, 6.45) is 1.32. The van der Waals surface area contributed by atoms with Crippen molar-refractivity contribution in [1.29, 1.82) is 5.26 Å². The Hall–Kier alpha value is -2.92. The van der Waals surface area contributed by atoms with Gasteiger partial charge in [-0.3, -0.25) is 10.1 Å². The molecule has 0 unspecified atom stereocenters. The zero-order valence-electron chi connectivity index (χ0n) is 10.4. The molecule has 0 atom stereocenters. The van der Waals surface area contributed by atoms with Gasteiger partial charge in [-0.2, -0.15) is 5.26 Å². The standard InChI is InChI=1S/C13H7N3O4S/c14-7-8-1-2-12(11(5-8)16(19)20)21-9-3-4-15-10(6-9)13(17)18/h1-6H,(H,17,18). The second kappa shape index (κ2) is 6.02. The highest BCUT2D eigenvalue weighted by Gasteiger charge is 2.16. The Balaban J connectivity index is 2.40.